The second kappa shape index (κ2) is 15.2. The van der Waals surface area contributed by atoms with Crippen molar-refractivity contribution in [2.45, 2.75) is 6.54 Å². The molecule has 1 heterocycles. The van der Waals surface area contributed by atoms with Gasteiger partial charge in [0.05, 0.1) is 52.4 Å². The van der Waals surface area contributed by atoms with E-state index >= 15 is 0 Å². The van der Waals surface area contributed by atoms with Gasteiger partial charge in [-0.1, -0.05) is 128 Å². The van der Waals surface area contributed by atoms with Gasteiger partial charge in [0, 0.05) is 16.7 Å². The summed E-state index contributed by atoms with van der Waals surface area (Å²) < 4.78 is 0. The highest BCUT2D eigenvalue weighted by atomic mass is 14.8. The average molecular weight is 632 g/mol. The molecule has 0 fully saturated rings. The highest BCUT2D eigenvalue weighted by Crippen LogP contribution is 2.33. The maximum atomic E-state index is 9.43. The topological polar surface area (TPSA) is 74.3 Å². The van der Waals surface area contributed by atoms with Gasteiger partial charge in [0.1, 0.15) is 0 Å². The van der Waals surface area contributed by atoms with Gasteiger partial charge in [0.15, 0.2) is 0 Å². The molecular formula is C44H33N5. The van der Waals surface area contributed by atoms with Crippen molar-refractivity contribution in [2.24, 2.45) is 9.98 Å². The van der Waals surface area contributed by atoms with Gasteiger partial charge in [-0.2, -0.15) is 5.26 Å². The minimum atomic E-state index is 0.468. The molecule has 0 amide bonds. The number of aromatic nitrogens is 2. The van der Waals surface area contributed by atoms with Crippen molar-refractivity contribution < 1.29 is 0 Å². The highest BCUT2D eigenvalue weighted by molar-refractivity contribution is 6.12. The summed E-state index contributed by atoms with van der Waals surface area (Å²) in [6.45, 7) is 12.2. The molecule has 6 aromatic rings. The summed E-state index contributed by atoms with van der Waals surface area (Å²) >= 11 is 0. The van der Waals surface area contributed by atoms with E-state index in [4.69, 9.17) is 15.0 Å². The summed E-state index contributed by atoms with van der Waals surface area (Å²) in [5.74, 6) is 0. The Balaban J connectivity index is 1.37. The van der Waals surface area contributed by atoms with Crippen molar-refractivity contribution in [1.29, 1.82) is 5.26 Å². The quantitative estimate of drug-likeness (QED) is 0.134. The third kappa shape index (κ3) is 7.46. The summed E-state index contributed by atoms with van der Waals surface area (Å²) in [6, 6.07) is 46.2. The summed E-state index contributed by atoms with van der Waals surface area (Å²) in [4.78, 5) is 19.3. The molecule has 0 bridgehead atoms. The molecule has 1 aromatic heterocycles. The molecule has 0 aliphatic carbocycles. The molecule has 0 aliphatic heterocycles. The smallest absolute Gasteiger partial charge is 0.0991 e. The van der Waals surface area contributed by atoms with Crippen LogP contribution in [0.1, 0.15) is 33.6 Å². The van der Waals surface area contributed by atoms with Gasteiger partial charge in [-0.3, -0.25) is 9.98 Å². The zero-order valence-electron chi connectivity index (χ0n) is 27.0. The molecular weight excluding hydrogens is 599 g/mol. The van der Waals surface area contributed by atoms with Crippen LogP contribution in [0.15, 0.2) is 163 Å². The number of aliphatic imine (C=N–C) groups is 2. The van der Waals surface area contributed by atoms with Crippen molar-refractivity contribution in [2.75, 3.05) is 0 Å². The lowest BCUT2D eigenvalue weighted by Crippen LogP contribution is -2.01. The van der Waals surface area contributed by atoms with Crippen LogP contribution in [0.4, 0.5) is 0 Å². The van der Waals surface area contributed by atoms with Crippen molar-refractivity contribution in [3.8, 4) is 39.7 Å². The van der Waals surface area contributed by atoms with E-state index in [1.807, 2.05) is 103 Å². The summed E-state index contributed by atoms with van der Waals surface area (Å²) in [6.07, 6.45) is 5.38. The first-order chi connectivity index (χ1) is 24.1. The number of hydrogen-bond acceptors (Lipinski definition) is 5. The summed E-state index contributed by atoms with van der Waals surface area (Å²) in [7, 11) is 0. The molecule has 0 unspecified atom stereocenters. The van der Waals surface area contributed by atoms with Crippen LogP contribution in [-0.4, -0.2) is 22.4 Å². The fraction of sp³-hybridized carbons (Fsp3) is 0.0227. The fourth-order valence-electron chi connectivity index (χ4n) is 5.51. The maximum Gasteiger partial charge on any atom is 0.0991 e. The SMILES string of the molecule is C=Cc1nc(-c2ccc(CN=C(/C=C(\N=C)c3ccccc3)c3ccccc3)cc2)c(-c2cccc(-c3cccc(C#N)c3)c2)nc1C=C. The summed E-state index contributed by atoms with van der Waals surface area (Å²) in [5, 5.41) is 9.43. The summed E-state index contributed by atoms with van der Waals surface area (Å²) in [5.41, 5.74) is 11.7. The van der Waals surface area contributed by atoms with Gasteiger partial charge in [-0.15, -0.1) is 0 Å². The lowest BCUT2D eigenvalue weighted by Gasteiger charge is -2.14. The van der Waals surface area contributed by atoms with E-state index in [9.17, 15) is 5.26 Å². The Labute approximate surface area is 287 Å². The third-order valence-corrected chi connectivity index (χ3v) is 8.04. The van der Waals surface area contributed by atoms with E-state index in [0.717, 1.165) is 61.7 Å². The molecule has 5 heteroatoms. The van der Waals surface area contributed by atoms with E-state index in [-0.39, 0.29) is 0 Å². The van der Waals surface area contributed by atoms with E-state index in [0.29, 0.717) is 23.5 Å². The Hall–Kier alpha value is -6.77. The molecule has 0 atom stereocenters. The Kier molecular flexibility index (Phi) is 9.99. The largest absolute Gasteiger partial charge is 0.280 e. The lowest BCUT2D eigenvalue weighted by molar-refractivity contribution is 1.07. The monoisotopic (exact) mass is 631 g/mol. The first kappa shape index (κ1) is 32.2. The number of allylic oxidation sites excluding steroid dienone is 1. The van der Waals surface area contributed by atoms with Gasteiger partial charge in [-0.05, 0) is 65.4 Å². The van der Waals surface area contributed by atoms with Gasteiger partial charge in [0.2, 0.25) is 0 Å². The Bertz CT molecular complexity index is 2240. The second-order valence-corrected chi connectivity index (χ2v) is 11.2. The number of hydrogen-bond donors (Lipinski definition) is 0. The van der Waals surface area contributed by atoms with Crippen LogP contribution >= 0.6 is 0 Å². The molecule has 5 aromatic carbocycles. The van der Waals surface area contributed by atoms with Crippen molar-refractivity contribution >= 4 is 30.3 Å². The molecule has 5 nitrogen and oxygen atoms in total. The lowest BCUT2D eigenvalue weighted by atomic mass is 9.97. The van der Waals surface area contributed by atoms with Crippen molar-refractivity contribution in [1.82, 2.24) is 9.97 Å². The van der Waals surface area contributed by atoms with Crippen LogP contribution in [-0.2, 0) is 6.54 Å². The van der Waals surface area contributed by atoms with Crippen LogP contribution in [0.5, 0.6) is 0 Å². The zero-order chi connectivity index (χ0) is 34.0. The molecule has 6 rings (SSSR count). The van der Waals surface area contributed by atoms with Crippen LogP contribution in [0.3, 0.4) is 0 Å². The van der Waals surface area contributed by atoms with Gasteiger partial charge < -0.3 is 0 Å². The Morgan fingerprint density at radius 3 is 1.82 bits per heavy atom. The number of nitriles is 1. The molecule has 0 saturated carbocycles. The molecule has 0 radical (unpaired) electrons. The van der Waals surface area contributed by atoms with Crippen LogP contribution in [0.2, 0.25) is 0 Å². The van der Waals surface area contributed by atoms with E-state index in [1.54, 1.807) is 18.2 Å². The normalized spacial score (nSPS) is 11.4. The van der Waals surface area contributed by atoms with Crippen LogP contribution in [0, 0.1) is 11.3 Å². The highest BCUT2D eigenvalue weighted by Gasteiger charge is 2.16. The molecule has 0 saturated heterocycles. The minimum Gasteiger partial charge on any atom is -0.280 e. The minimum absolute atomic E-state index is 0.468. The Morgan fingerprint density at radius 1 is 0.633 bits per heavy atom. The van der Waals surface area contributed by atoms with E-state index < -0.39 is 0 Å². The first-order valence-electron chi connectivity index (χ1n) is 15.8. The Morgan fingerprint density at radius 2 is 1.20 bits per heavy atom. The third-order valence-electron chi connectivity index (χ3n) is 8.04. The maximum absolute atomic E-state index is 9.43. The number of nitrogens with zero attached hydrogens (tertiary/aromatic N) is 5. The molecule has 0 spiro atoms. The van der Waals surface area contributed by atoms with E-state index in [2.05, 4.69) is 61.3 Å². The van der Waals surface area contributed by atoms with Gasteiger partial charge in [0.25, 0.3) is 0 Å². The fourth-order valence-corrected chi connectivity index (χ4v) is 5.51. The van der Waals surface area contributed by atoms with Gasteiger partial charge in [-0.25, -0.2) is 9.97 Å². The molecule has 234 valence electrons. The van der Waals surface area contributed by atoms with E-state index in [1.165, 1.54) is 0 Å². The number of benzene rings is 5. The number of rotatable bonds is 11. The molecule has 49 heavy (non-hydrogen) atoms. The zero-order valence-corrected chi connectivity index (χ0v) is 27.0. The van der Waals surface area contributed by atoms with Crippen molar-refractivity contribution in [3.63, 3.8) is 0 Å². The van der Waals surface area contributed by atoms with Gasteiger partial charge >= 0.3 is 0 Å². The predicted octanol–water partition coefficient (Wildman–Crippen LogP) is 10.4. The van der Waals surface area contributed by atoms with Crippen LogP contribution < -0.4 is 0 Å². The van der Waals surface area contributed by atoms with Crippen molar-refractivity contribution in [3.05, 3.63) is 186 Å². The standard InChI is InChI=1S/C44H33N5/c1-4-39-40(5-2)49-44(38-21-13-20-37(27-38)36-19-12-14-32(26-36)29-45)43(48-39)35-24-22-31(23-25-35)30-47-42(34-17-10-7-11-18-34)28-41(46-3)33-15-8-6-9-16-33/h4-28H,1-3,30H2/b41-28-,47-42?. The molecule has 0 aliphatic rings. The first-order valence-corrected chi connectivity index (χ1v) is 15.8. The predicted molar refractivity (Wildman–Crippen MR) is 204 cm³/mol. The average Bonchev–Trinajstić information content (AvgIpc) is 3.18. The molecule has 0 N–H and O–H groups in total. The van der Waals surface area contributed by atoms with Crippen LogP contribution in [0.25, 0.3) is 51.5 Å². The second-order valence-electron chi connectivity index (χ2n) is 11.2.